The van der Waals surface area contributed by atoms with Crippen LogP contribution in [0.1, 0.15) is 59.8 Å². The Hall–Kier alpha value is -0.0400. The van der Waals surface area contributed by atoms with E-state index in [0.29, 0.717) is 6.04 Å². The van der Waals surface area contributed by atoms with Gasteiger partial charge in [-0.2, -0.15) is 0 Å². The average molecular weight is 159 g/mol. The highest BCUT2D eigenvalue weighted by Crippen LogP contribution is 2.00. The minimum Gasteiger partial charge on any atom is -0.328 e. The van der Waals surface area contributed by atoms with Gasteiger partial charge < -0.3 is 5.73 Å². The average Bonchev–Trinajstić information content (AvgIpc) is 1.88. The molecule has 1 nitrogen and oxygen atoms in total. The van der Waals surface area contributed by atoms with Crippen LogP contribution in [0.3, 0.4) is 0 Å². The summed E-state index contributed by atoms with van der Waals surface area (Å²) in [5.41, 5.74) is 5.11. The molecule has 0 radical (unpaired) electrons. The normalized spacial score (nSPS) is 9.27. The quantitative estimate of drug-likeness (QED) is 0.626. The van der Waals surface area contributed by atoms with Crippen molar-refractivity contribution in [2.75, 3.05) is 0 Å². The molecule has 0 fully saturated rings. The van der Waals surface area contributed by atoms with Crippen molar-refractivity contribution in [3.63, 3.8) is 0 Å². The monoisotopic (exact) mass is 159 g/mol. The highest BCUT2D eigenvalue weighted by molar-refractivity contribution is 4.35. The van der Waals surface area contributed by atoms with Gasteiger partial charge in [-0.1, -0.05) is 59.8 Å². The third kappa shape index (κ3) is 40.2. The van der Waals surface area contributed by atoms with E-state index >= 15 is 0 Å². The first-order valence-corrected chi connectivity index (χ1v) is 4.90. The smallest absolute Gasteiger partial charge is 0.00179 e. The van der Waals surface area contributed by atoms with E-state index in [1.54, 1.807) is 0 Å². The predicted molar refractivity (Wildman–Crippen MR) is 53.8 cm³/mol. The Bertz CT molecular complexity index is 44.1. The summed E-state index contributed by atoms with van der Waals surface area (Å²) in [7, 11) is 0. The van der Waals surface area contributed by atoms with Gasteiger partial charge in [-0.05, 0) is 6.04 Å². The molecule has 0 amide bonds. The molecule has 11 heavy (non-hydrogen) atoms. The number of rotatable bonds is 4. The van der Waals surface area contributed by atoms with Crippen LogP contribution in [0.25, 0.3) is 0 Å². The first kappa shape index (κ1) is 13.5. The van der Waals surface area contributed by atoms with Crippen molar-refractivity contribution >= 4 is 0 Å². The van der Waals surface area contributed by atoms with E-state index in [-0.39, 0.29) is 0 Å². The van der Waals surface area contributed by atoms with E-state index in [9.17, 15) is 0 Å². The van der Waals surface area contributed by atoms with Gasteiger partial charge in [0.25, 0.3) is 0 Å². The summed E-state index contributed by atoms with van der Waals surface area (Å²) < 4.78 is 0. The summed E-state index contributed by atoms with van der Waals surface area (Å²) in [6, 6.07) is 0.333. The van der Waals surface area contributed by atoms with E-state index in [4.69, 9.17) is 5.73 Å². The lowest BCUT2D eigenvalue weighted by molar-refractivity contribution is 0.656. The Morgan fingerprint density at radius 1 is 0.909 bits per heavy atom. The fourth-order valence-corrected chi connectivity index (χ4v) is 0.677. The summed E-state index contributed by atoms with van der Waals surface area (Å²) in [4.78, 5) is 0. The van der Waals surface area contributed by atoms with Crippen LogP contribution in [0.2, 0.25) is 0 Å². The largest absolute Gasteiger partial charge is 0.328 e. The lowest BCUT2D eigenvalue weighted by Crippen LogP contribution is -2.06. The maximum atomic E-state index is 5.11. The molecule has 0 aromatic carbocycles. The molecule has 0 aliphatic rings. The van der Waals surface area contributed by atoms with Gasteiger partial charge in [0, 0.05) is 0 Å². The maximum absolute atomic E-state index is 5.11. The van der Waals surface area contributed by atoms with Crippen LogP contribution in [0.15, 0.2) is 0 Å². The van der Waals surface area contributed by atoms with E-state index < -0.39 is 0 Å². The molecule has 0 rings (SSSR count). The van der Waals surface area contributed by atoms with Gasteiger partial charge in [0.2, 0.25) is 0 Å². The summed E-state index contributed by atoms with van der Waals surface area (Å²) in [6.45, 7) is 8.38. The highest BCUT2D eigenvalue weighted by Gasteiger charge is 1.80. The molecular weight excluding hydrogens is 134 g/mol. The van der Waals surface area contributed by atoms with Gasteiger partial charge in [-0.15, -0.1) is 0 Å². The summed E-state index contributed by atoms with van der Waals surface area (Å²) in [5.74, 6) is 0. The second-order valence-corrected chi connectivity index (χ2v) is 3.30. The molecular formula is C10H25N. The first-order valence-electron chi connectivity index (χ1n) is 4.90. The molecule has 2 N–H and O–H groups in total. The topological polar surface area (TPSA) is 26.0 Å². The zero-order chi connectivity index (χ0) is 9.11. The lowest BCUT2D eigenvalue weighted by atomic mass is 10.2. The molecule has 0 atom stereocenters. The van der Waals surface area contributed by atoms with Crippen molar-refractivity contribution in [1.29, 1.82) is 0 Å². The van der Waals surface area contributed by atoms with Gasteiger partial charge in [0.1, 0.15) is 0 Å². The number of hydrogen-bond donors (Lipinski definition) is 1. The van der Waals surface area contributed by atoms with Crippen LogP contribution in [0, 0.1) is 0 Å². The molecule has 0 heterocycles. The van der Waals surface area contributed by atoms with Crippen molar-refractivity contribution in [2.45, 2.75) is 65.8 Å². The SMILES string of the molecule is CC(C)N.CCCCCCC. The van der Waals surface area contributed by atoms with Gasteiger partial charge >= 0.3 is 0 Å². The van der Waals surface area contributed by atoms with Crippen molar-refractivity contribution < 1.29 is 0 Å². The Kier molecular flexibility index (Phi) is 15.5. The van der Waals surface area contributed by atoms with Crippen molar-refractivity contribution in [2.24, 2.45) is 5.73 Å². The predicted octanol–water partition coefficient (Wildman–Crippen LogP) is 3.33. The van der Waals surface area contributed by atoms with Gasteiger partial charge in [-0.25, -0.2) is 0 Å². The minimum absolute atomic E-state index is 0.333. The molecule has 0 aliphatic heterocycles. The molecule has 0 aliphatic carbocycles. The van der Waals surface area contributed by atoms with Crippen LogP contribution < -0.4 is 5.73 Å². The van der Waals surface area contributed by atoms with Crippen molar-refractivity contribution in [1.82, 2.24) is 0 Å². The zero-order valence-electron chi connectivity index (χ0n) is 8.69. The Morgan fingerprint density at radius 2 is 1.18 bits per heavy atom. The van der Waals surface area contributed by atoms with E-state index in [1.165, 1.54) is 32.1 Å². The van der Waals surface area contributed by atoms with Crippen LogP contribution in [0.5, 0.6) is 0 Å². The number of unbranched alkanes of at least 4 members (excludes halogenated alkanes) is 4. The first-order chi connectivity index (χ1) is 5.15. The molecule has 0 aromatic heterocycles. The number of nitrogens with two attached hydrogens (primary N) is 1. The third-order valence-corrected chi connectivity index (χ3v) is 1.21. The second kappa shape index (κ2) is 12.6. The molecule has 1 heteroatoms. The van der Waals surface area contributed by atoms with Gasteiger partial charge in [-0.3, -0.25) is 0 Å². The summed E-state index contributed by atoms with van der Waals surface area (Å²) in [6.07, 6.45) is 7.01. The summed E-state index contributed by atoms with van der Waals surface area (Å²) in [5, 5.41) is 0. The molecule has 70 valence electrons. The van der Waals surface area contributed by atoms with Crippen molar-refractivity contribution in [3.8, 4) is 0 Å². The maximum Gasteiger partial charge on any atom is -0.00179 e. The Balaban J connectivity index is 0. The van der Waals surface area contributed by atoms with Crippen LogP contribution in [-0.2, 0) is 0 Å². The molecule has 0 saturated heterocycles. The highest BCUT2D eigenvalue weighted by atomic mass is 14.6. The summed E-state index contributed by atoms with van der Waals surface area (Å²) >= 11 is 0. The van der Waals surface area contributed by atoms with Crippen LogP contribution >= 0.6 is 0 Å². The van der Waals surface area contributed by atoms with Crippen LogP contribution in [-0.4, -0.2) is 6.04 Å². The molecule has 0 unspecified atom stereocenters. The Labute approximate surface area is 72.4 Å². The molecule has 0 spiro atoms. The third-order valence-electron chi connectivity index (χ3n) is 1.21. The van der Waals surface area contributed by atoms with Gasteiger partial charge in [0.15, 0.2) is 0 Å². The fraction of sp³-hybridized carbons (Fsp3) is 1.00. The van der Waals surface area contributed by atoms with Crippen molar-refractivity contribution in [3.05, 3.63) is 0 Å². The van der Waals surface area contributed by atoms with E-state index in [2.05, 4.69) is 13.8 Å². The number of hydrogen-bond acceptors (Lipinski definition) is 1. The lowest BCUT2D eigenvalue weighted by Gasteiger charge is -1.90. The minimum atomic E-state index is 0.333. The second-order valence-electron chi connectivity index (χ2n) is 3.30. The van der Waals surface area contributed by atoms with E-state index in [1.807, 2.05) is 13.8 Å². The standard InChI is InChI=1S/C7H16.C3H9N/c1-3-5-7-6-4-2;1-3(2)4/h3-7H2,1-2H3;3H,4H2,1-2H3. The molecule has 0 aromatic rings. The fourth-order valence-electron chi connectivity index (χ4n) is 0.677. The van der Waals surface area contributed by atoms with E-state index in [0.717, 1.165) is 0 Å². The zero-order valence-corrected chi connectivity index (χ0v) is 8.69. The Morgan fingerprint density at radius 3 is 1.36 bits per heavy atom. The van der Waals surface area contributed by atoms with Gasteiger partial charge in [0.05, 0.1) is 0 Å². The molecule has 0 bridgehead atoms. The molecule has 0 saturated carbocycles. The van der Waals surface area contributed by atoms with Crippen LogP contribution in [0.4, 0.5) is 0 Å².